The van der Waals surface area contributed by atoms with Crippen LogP contribution < -0.4 is 0 Å². The van der Waals surface area contributed by atoms with Crippen molar-refractivity contribution in [1.82, 2.24) is 9.55 Å². The fraction of sp³-hybridized carbons (Fsp3) is 0.467. The third-order valence-corrected chi connectivity index (χ3v) is 4.52. The van der Waals surface area contributed by atoms with E-state index in [1.54, 1.807) is 0 Å². The van der Waals surface area contributed by atoms with Crippen molar-refractivity contribution in [3.8, 4) is 6.07 Å². The molecular formula is C15H17N3S. The molecule has 1 heterocycles. The van der Waals surface area contributed by atoms with Gasteiger partial charge in [-0.15, -0.1) is 0 Å². The molecule has 0 atom stereocenters. The molecule has 0 amide bonds. The number of hydrogen-bond donors (Lipinski definition) is 1. The third-order valence-electron chi connectivity index (χ3n) is 4.22. The van der Waals surface area contributed by atoms with E-state index in [0.717, 1.165) is 21.7 Å². The van der Waals surface area contributed by atoms with Gasteiger partial charge in [-0.1, -0.05) is 13.0 Å². The minimum atomic E-state index is 0.478. The highest BCUT2D eigenvalue weighted by molar-refractivity contribution is 7.71. The highest BCUT2D eigenvalue weighted by Crippen LogP contribution is 2.34. The molecule has 1 aliphatic carbocycles. The predicted molar refractivity (Wildman–Crippen MR) is 78.5 cm³/mol. The minimum absolute atomic E-state index is 0.478. The maximum atomic E-state index is 9.17. The van der Waals surface area contributed by atoms with Crippen molar-refractivity contribution >= 4 is 23.3 Å². The Hall–Kier alpha value is -1.60. The van der Waals surface area contributed by atoms with E-state index in [9.17, 15) is 0 Å². The van der Waals surface area contributed by atoms with Crippen molar-refractivity contribution in [1.29, 1.82) is 5.26 Å². The van der Waals surface area contributed by atoms with Crippen molar-refractivity contribution < 1.29 is 0 Å². The first-order valence-electron chi connectivity index (χ1n) is 6.84. The van der Waals surface area contributed by atoms with E-state index in [4.69, 9.17) is 17.5 Å². The quantitative estimate of drug-likeness (QED) is 0.785. The third kappa shape index (κ3) is 2.08. The zero-order valence-electron chi connectivity index (χ0n) is 11.0. The van der Waals surface area contributed by atoms with E-state index in [1.165, 1.54) is 25.7 Å². The molecule has 0 unspecified atom stereocenters. The molecule has 1 aromatic carbocycles. The molecule has 2 aromatic rings. The zero-order valence-corrected chi connectivity index (χ0v) is 11.8. The van der Waals surface area contributed by atoms with Crippen molar-refractivity contribution in [2.75, 3.05) is 0 Å². The van der Waals surface area contributed by atoms with E-state index in [2.05, 4.69) is 28.6 Å². The van der Waals surface area contributed by atoms with Gasteiger partial charge in [-0.05, 0) is 56.0 Å². The van der Waals surface area contributed by atoms with Gasteiger partial charge in [-0.3, -0.25) is 0 Å². The Morgan fingerprint density at radius 1 is 1.32 bits per heavy atom. The van der Waals surface area contributed by atoms with E-state index < -0.39 is 0 Å². The molecule has 0 bridgehead atoms. The van der Waals surface area contributed by atoms with Gasteiger partial charge in [0.2, 0.25) is 0 Å². The summed E-state index contributed by atoms with van der Waals surface area (Å²) in [4.78, 5) is 3.21. The summed E-state index contributed by atoms with van der Waals surface area (Å²) in [6.45, 7) is 2.32. The lowest BCUT2D eigenvalue weighted by Gasteiger charge is -2.27. The first-order chi connectivity index (χ1) is 9.20. The Balaban J connectivity index is 2.12. The Bertz CT molecular complexity index is 696. The average Bonchev–Trinajstić information content (AvgIpc) is 2.76. The molecular weight excluding hydrogens is 254 g/mol. The van der Waals surface area contributed by atoms with Crippen LogP contribution in [0.3, 0.4) is 0 Å². The average molecular weight is 271 g/mol. The van der Waals surface area contributed by atoms with Gasteiger partial charge in [0, 0.05) is 6.04 Å². The van der Waals surface area contributed by atoms with Gasteiger partial charge in [-0.2, -0.15) is 5.26 Å². The molecule has 1 aromatic heterocycles. The molecule has 0 radical (unpaired) electrons. The Labute approximate surface area is 117 Å². The monoisotopic (exact) mass is 271 g/mol. The zero-order chi connectivity index (χ0) is 13.4. The van der Waals surface area contributed by atoms with Gasteiger partial charge in [0.25, 0.3) is 0 Å². The van der Waals surface area contributed by atoms with Crippen molar-refractivity contribution in [2.24, 2.45) is 5.92 Å². The van der Waals surface area contributed by atoms with E-state index >= 15 is 0 Å². The topological polar surface area (TPSA) is 44.5 Å². The molecule has 1 N–H and O–H groups in total. The minimum Gasteiger partial charge on any atom is -0.329 e. The molecule has 1 aliphatic rings. The van der Waals surface area contributed by atoms with Crippen LogP contribution in [0.4, 0.5) is 0 Å². The molecule has 3 nitrogen and oxygen atoms in total. The summed E-state index contributed by atoms with van der Waals surface area (Å²) in [5, 5.41) is 9.17. The van der Waals surface area contributed by atoms with Crippen molar-refractivity contribution in [2.45, 2.75) is 38.6 Å². The summed E-state index contributed by atoms with van der Waals surface area (Å²) in [6.07, 6.45) is 4.88. The number of aromatic nitrogens is 2. The van der Waals surface area contributed by atoms with Crippen molar-refractivity contribution in [3.05, 3.63) is 28.5 Å². The molecule has 3 rings (SSSR count). The fourth-order valence-electron chi connectivity index (χ4n) is 3.11. The number of hydrogen-bond acceptors (Lipinski definition) is 2. The number of nitriles is 1. The summed E-state index contributed by atoms with van der Waals surface area (Å²) in [5.74, 6) is 0.824. The van der Waals surface area contributed by atoms with Crippen LogP contribution in [0.25, 0.3) is 11.0 Å². The Morgan fingerprint density at radius 3 is 2.74 bits per heavy atom. The standard InChI is InChI=1S/C15H17N3S/c1-10-5-7-12(8-6-10)18-13-4-2-3-11(9-16)14(13)17-15(18)19/h2-4,10,12H,5-8H2,1H3,(H,17,19). The van der Waals surface area contributed by atoms with Gasteiger partial charge < -0.3 is 9.55 Å². The van der Waals surface area contributed by atoms with E-state index in [0.29, 0.717) is 11.6 Å². The lowest BCUT2D eigenvalue weighted by molar-refractivity contribution is 0.292. The number of imidazole rings is 1. The lowest BCUT2D eigenvalue weighted by Crippen LogP contribution is -2.16. The molecule has 0 spiro atoms. The first kappa shape index (κ1) is 12.4. The molecule has 0 saturated heterocycles. The Kier molecular flexibility index (Phi) is 3.16. The van der Waals surface area contributed by atoms with Gasteiger partial charge >= 0.3 is 0 Å². The van der Waals surface area contributed by atoms with Gasteiger partial charge in [0.1, 0.15) is 6.07 Å². The summed E-state index contributed by atoms with van der Waals surface area (Å²) < 4.78 is 2.97. The molecule has 4 heteroatoms. The normalized spacial score (nSPS) is 23.4. The highest BCUT2D eigenvalue weighted by atomic mass is 32.1. The summed E-state index contributed by atoms with van der Waals surface area (Å²) >= 11 is 5.47. The molecule has 1 saturated carbocycles. The molecule has 1 fully saturated rings. The van der Waals surface area contributed by atoms with Crippen LogP contribution >= 0.6 is 12.2 Å². The highest BCUT2D eigenvalue weighted by Gasteiger charge is 2.22. The predicted octanol–water partition coefficient (Wildman–Crippen LogP) is 4.32. The number of benzene rings is 1. The number of fused-ring (bicyclic) bond motifs is 1. The largest absolute Gasteiger partial charge is 0.329 e. The number of nitrogens with zero attached hydrogens (tertiary/aromatic N) is 2. The lowest BCUT2D eigenvalue weighted by atomic mass is 9.87. The van der Waals surface area contributed by atoms with Gasteiger partial charge in [0.15, 0.2) is 4.77 Å². The smallest absolute Gasteiger partial charge is 0.178 e. The fourth-order valence-corrected chi connectivity index (χ4v) is 3.45. The van der Waals surface area contributed by atoms with Crippen molar-refractivity contribution in [3.63, 3.8) is 0 Å². The van der Waals surface area contributed by atoms with Gasteiger partial charge in [0.05, 0.1) is 16.6 Å². The summed E-state index contributed by atoms with van der Waals surface area (Å²) in [7, 11) is 0. The Morgan fingerprint density at radius 2 is 2.05 bits per heavy atom. The van der Waals surface area contributed by atoms with Crippen LogP contribution in [0.1, 0.15) is 44.2 Å². The van der Waals surface area contributed by atoms with Crippen LogP contribution in [-0.4, -0.2) is 9.55 Å². The van der Waals surface area contributed by atoms with Crippen LogP contribution in [0.15, 0.2) is 18.2 Å². The van der Waals surface area contributed by atoms with Gasteiger partial charge in [-0.25, -0.2) is 0 Å². The number of nitrogens with one attached hydrogen (secondary N) is 1. The van der Waals surface area contributed by atoms with Crippen LogP contribution in [0.2, 0.25) is 0 Å². The second kappa shape index (κ2) is 4.82. The maximum absolute atomic E-state index is 9.17. The number of para-hydroxylation sites is 1. The summed E-state index contributed by atoms with van der Waals surface area (Å²) in [5.41, 5.74) is 2.63. The first-order valence-corrected chi connectivity index (χ1v) is 7.25. The number of H-pyrrole nitrogens is 1. The molecule has 0 aliphatic heterocycles. The van der Waals surface area contributed by atoms with E-state index in [1.807, 2.05) is 12.1 Å². The second-order valence-electron chi connectivity index (χ2n) is 5.53. The SMILES string of the molecule is CC1CCC(n2c(=S)[nH]c3c(C#N)cccc32)CC1. The molecule has 98 valence electrons. The van der Waals surface area contributed by atoms with Crippen LogP contribution in [0.5, 0.6) is 0 Å². The summed E-state index contributed by atoms with van der Waals surface area (Å²) in [6, 6.07) is 8.53. The maximum Gasteiger partial charge on any atom is 0.178 e. The van der Waals surface area contributed by atoms with E-state index in [-0.39, 0.29) is 0 Å². The second-order valence-corrected chi connectivity index (χ2v) is 5.91. The van der Waals surface area contributed by atoms with Crippen LogP contribution in [-0.2, 0) is 0 Å². The number of rotatable bonds is 1. The molecule has 19 heavy (non-hydrogen) atoms. The van der Waals surface area contributed by atoms with Crippen LogP contribution in [0, 0.1) is 22.0 Å². The number of aromatic amines is 1.